The van der Waals surface area contributed by atoms with Crippen LogP contribution in [-0.2, 0) is 0 Å². The van der Waals surface area contributed by atoms with E-state index in [0.29, 0.717) is 23.0 Å². The lowest BCUT2D eigenvalue weighted by atomic mass is 10.0. The SMILES string of the molecule is N#Cc1c(-n2c3ccccc3c3ccccc32)cc(-c2nc(-c3ccccc3)nc(-c3ccccc3)n2)cc1-n1c2ccccc2c2ccccc21. The molecule has 0 saturated heterocycles. The second-order valence-corrected chi connectivity index (χ2v) is 12.8. The van der Waals surface area contributed by atoms with Gasteiger partial charge in [-0.3, -0.25) is 0 Å². The summed E-state index contributed by atoms with van der Waals surface area (Å²) >= 11 is 0. The normalized spacial score (nSPS) is 11.4. The highest BCUT2D eigenvalue weighted by molar-refractivity contribution is 6.11. The van der Waals surface area contributed by atoms with Crippen LogP contribution in [0.15, 0.2) is 170 Å². The molecule has 0 aliphatic heterocycles. The van der Waals surface area contributed by atoms with Gasteiger partial charge in [-0.25, -0.2) is 15.0 Å². The third-order valence-electron chi connectivity index (χ3n) is 9.81. The van der Waals surface area contributed by atoms with Crippen molar-refractivity contribution in [2.24, 2.45) is 0 Å². The van der Waals surface area contributed by atoms with Gasteiger partial charge in [0.05, 0.1) is 33.4 Å². The predicted molar refractivity (Wildman–Crippen MR) is 210 cm³/mol. The van der Waals surface area contributed by atoms with Gasteiger partial charge in [0.15, 0.2) is 17.5 Å². The summed E-state index contributed by atoms with van der Waals surface area (Å²) in [6, 6.07) is 60.2. The van der Waals surface area contributed by atoms with Gasteiger partial charge >= 0.3 is 0 Å². The van der Waals surface area contributed by atoms with Crippen molar-refractivity contribution in [3.05, 3.63) is 175 Å². The molecule has 242 valence electrons. The highest BCUT2D eigenvalue weighted by atomic mass is 15.0. The highest BCUT2D eigenvalue weighted by Gasteiger charge is 2.23. The number of fused-ring (bicyclic) bond motifs is 6. The Morgan fingerprint density at radius 2 is 0.673 bits per heavy atom. The molecule has 6 nitrogen and oxygen atoms in total. The number of nitrogens with zero attached hydrogens (tertiary/aromatic N) is 6. The van der Waals surface area contributed by atoms with Crippen molar-refractivity contribution < 1.29 is 0 Å². The second-order valence-electron chi connectivity index (χ2n) is 12.8. The summed E-state index contributed by atoms with van der Waals surface area (Å²) in [7, 11) is 0. The summed E-state index contributed by atoms with van der Waals surface area (Å²) in [4.78, 5) is 15.2. The van der Waals surface area contributed by atoms with E-state index in [1.165, 1.54) is 0 Å². The van der Waals surface area contributed by atoms with Gasteiger partial charge < -0.3 is 9.13 Å². The monoisotopic (exact) mass is 664 g/mol. The van der Waals surface area contributed by atoms with Crippen molar-refractivity contribution in [2.45, 2.75) is 0 Å². The smallest absolute Gasteiger partial charge is 0.164 e. The van der Waals surface area contributed by atoms with Crippen LogP contribution in [0.1, 0.15) is 5.56 Å². The van der Waals surface area contributed by atoms with E-state index in [-0.39, 0.29) is 0 Å². The first-order chi connectivity index (χ1) is 25.8. The molecule has 0 saturated carbocycles. The summed E-state index contributed by atoms with van der Waals surface area (Å²) in [5.74, 6) is 1.66. The molecule has 10 rings (SSSR count). The molecular formula is C46H28N6. The molecule has 0 atom stereocenters. The summed E-state index contributed by atoms with van der Waals surface area (Å²) in [5, 5.41) is 15.7. The highest BCUT2D eigenvalue weighted by Crippen LogP contribution is 2.40. The number of para-hydroxylation sites is 4. The van der Waals surface area contributed by atoms with Crippen molar-refractivity contribution in [2.75, 3.05) is 0 Å². The molecule has 10 aromatic rings. The first kappa shape index (κ1) is 29.5. The minimum absolute atomic E-state index is 0.515. The lowest BCUT2D eigenvalue weighted by molar-refractivity contribution is 1.06. The zero-order chi connectivity index (χ0) is 34.6. The quantitative estimate of drug-likeness (QED) is 0.184. The van der Waals surface area contributed by atoms with Crippen LogP contribution in [0.3, 0.4) is 0 Å². The number of hydrogen-bond acceptors (Lipinski definition) is 4. The van der Waals surface area contributed by atoms with Gasteiger partial charge in [0, 0.05) is 38.2 Å². The van der Waals surface area contributed by atoms with Crippen LogP contribution in [0.4, 0.5) is 0 Å². The zero-order valence-electron chi connectivity index (χ0n) is 27.8. The maximum Gasteiger partial charge on any atom is 0.164 e. The molecule has 0 amide bonds. The largest absolute Gasteiger partial charge is 0.308 e. The average Bonchev–Trinajstić information content (AvgIpc) is 3.74. The van der Waals surface area contributed by atoms with Crippen molar-refractivity contribution >= 4 is 43.6 Å². The van der Waals surface area contributed by atoms with E-state index in [9.17, 15) is 5.26 Å². The van der Waals surface area contributed by atoms with Gasteiger partial charge in [0.1, 0.15) is 11.6 Å². The van der Waals surface area contributed by atoms with E-state index in [2.05, 4.69) is 100 Å². The zero-order valence-corrected chi connectivity index (χ0v) is 27.8. The van der Waals surface area contributed by atoms with Crippen LogP contribution in [0.2, 0.25) is 0 Å². The van der Waals surface area contributed by atoms with Gasteiger partial charge in [0.25, 0.3) is 0 Å². The predicted octanol–water partition coefficient (Wildman–Crippen LogP) is 10.9. The molecule has 0 spiro atoms. The molecule has 0 N–H and O–H groups in total. The maximum absolute atomic E-state index is 11.2. The van der Waals surface area contributed by atoms with E-state index in [1.54, 1.807) is 0 Å². The molecule has 0 aliphatic carbocycles. The van der Waals surface area contributed by atoms with Crippen molar-refractivity contribution in [3.63, 3.8) is 0 Å². The van der Waals surface area contributed by atoms with Crippen molar-refractivity contribution in [1.29, 1.82) is 5.26 Å². The summed E-state index contributed by atoms with van der Waals surface area (Å²) in [5.41, 5.74) is 8.63. The standard InChI is InChI=1S/C46H28N6/c47-29-37-42(51-38-23-11-7-19-33(38)34-20-8-12-24-39(34)51)27-32(28-43(37)52-40-25-13-9-21-35(40)36-22-10-14-26-41(36)52)46-49-44(30-15-3-1-4-16-30)48-45(50-46)31-17-5-2-6-18-31/h1-28H. The first-order valence-corrected chi connectivity index (χ1v) is 17.2. The molecule has 6 heteroatoms. The average molecular weight is 665 g/mol. The van der Waals surface area contributed by atoms with Gasteiger partial charge in [0.2, 0.25) is 0 Å². The fourth-order valence-corrected chi connectivity index (χ4v) is 7.51. The Balaban J connectivity index is 1.36. The Bertz CT molecular complexity index is 2720. The molecule has 0 radical (unpaired) electrons. The minimum atomic E-state index is 0.515. The number of aromatic nitrogens is 5. The van der Waals surface area contributed by atoms with Crippen molar-refractivity contribution in [3.8, 4) is 51.6 Å². The van der Waals surface area contributed by atoms with Crippen LogP contribution in [0, 0.1) is 11.3 Å². The topological polar surface area (TPSA) is 72.3 Å². The van der Waals surface area contributed by atoms with E-state index >= 15 is 0 Å². The van der Waals surface area contributed by atoms with Gasteiger partial charge in [-0.05, 0) is 36.4 Å². The lowest BCUT2D eigenvalue weighted by Crippen LogP contribution is -2.07. The Morgan fingerprint density at radius 1 is 0.365 bits per heavy atom. The molecule has 0 bridgehead atoms. The third-order valence-corrected chi connectivity index (χ3v) is 9.81. The number of hydrogen-bond donors (Lipinski definition) is 0. The summed E-state index contributed by atoms with van der Waals surface area (Å²) < 4.78 is 4.42. The van der Waals surface area contributed by atoms with Crippen LogP contribution < -0.4 is 0 Å². The Kier molecular flexibility index (Phi) is 6.76. The van der Waals surface area contributed by atoms with Crippen LogP contribution >= 0.6 is 0 Å². The van der Waals surface area contributed by atoms with Crippen LogP contribution in [0.5, 0.6) is 0 Å². The van der Waals surface area contributed by atoms with Crippen molar-refractivity contribution in [1.82, 2.24) is 24.1 Å². The van der Waals surface area contributed by atoms with E-state index in [0.717, 1.165) is 71.7 Å². The summed E-state index contributed by atoms with van der Waals surface area (Å²) in [6.07, 6.45) is 0. The Morgan fingerprint density at radius 3 is 1.02 bits per heavy atom. The molecule has 7 aromatic carbocycles. The van der Waals surface area contributed by atoms with E-state index in [1.807, 2.05) is 84.9 Å². The van der Waals surface area contributed by atoms with Gasteiger partial charge in [-0.1, -0.05) is 133 Å². The summed E-state index contributed by atoms with van der Waals surface area (Å²) in [6.45, 7) is 0. The molecule has 0 fully saturated rings. The minimum Gasteiger partial charge on any atom is -0.308 e. The first-order valence-electron chi connectivity index (χ1n) is 17.2. The Labute approximate surface area is 299 Å². The second kappa shape index (κ2) is 11.9. The lowest BCUT2D eigenvalue weighted by Gasteiger charge is -2.18. The number of benzene rings is 7. The Hall–Kier alpha value is -7.36. The molecule has 3 heterocycles. The van der Waals surface area contributed by atoms with Crippen LogP contribution in [-0.4, -0.2) is 24.1 Å². The fraction of sp³-hybridized carbons (Fsp3) is 0. The number of rotatable bonds is 5. The molecular weight excluding hydrogens is 637 g/mol. The van der Waals surface area contributed by atoms with E-state index in [4.69, 9.17) is 15.0 Å². The molecule has 0 unspecified atom stereocenters. The van der Waals surface area contributed by atoms with Crippen LogP contribution in [0.25, 0.3) is 89.2 Å². The van der Waals surface area contributed by atoms with Gasteiger partial charge in [-0.15, -0.1) is 0 Å². The maximum atomic E-state index is 11.2. The number of nitriles is 1. The fourth-order valence-electron chi connectivity index (χ4n) is 7.51. The third kappa shape index (κ3) is 4.61. The van der Waals surface area contributed by atoms with E-state index < -0.39 is 0 Å². The molecule has 3 aromatic heterocycles. The molecule has 0 aliphatic rings. The van der Waals surface area contributed by atoms with Gasteiger partial charge in [-0.2, -0.15) is 5.26 Å². The molecule has 52 heavy (non-hydrogen) atoms.